The van der Waals surface area contributed by atoms with Crippen LogP contribution < -0.4 is 10.6 Å². The molecule has 102 valence electrons. The van der Waals surface area contributed by atoms with E-state index in [4.69, 9.17) is 0 Å². The summed E-state index contributed by atoms with van der Waals surface area (Å²) in [5.41, 5.74) is 2.12. The van der Waals surface area contributed by atoms with Crippen LogP contribution in [0.25, 0.3) is 0 Å². The van der Waals surface area contributed by atoms with Gasteiger partial charge in [-0.05, 0) is 37.6 Å². The van der Waals surface area contributed by atoms with Crippen molar-refractivity contribution in [1.82, 2.24) is 5.32 Å². The summed E-state index contributed by atoms with van der Waals surface area (Å²) in [6.07, 6.45) is 2.55. The zero-order valence-corrected chi connectivity index (χ0v) is 11.3. The third-order valence-corrected chi connectivity index (χ3v) is 2.57. The summed E-state index contributed by atoms with van der Waals surface area (Å²) in [5, 5.41) is 5.29. The van der Waals surface area contributed by atoms with Gasteiger partial charge in [0.15, 0.2) is 0 Å². The summed E-state index contributed by atoms with van der Waals surface area (Å²) in [6, 6.07) is 6.15. The normalized spacial score (nSPS) is 10.8. The summed E-state index contributed by atoms with van der Waals surface area (Å²) in [6.45, 7) is 3.95. The average Bonchev–Trinajstić information content (AvgIpc) is 2.44. The van der Waals surface area contributed by atoms with Crippen LogP contribution in [-0.4, -0.2) is 19.1 Å². The molecule has 0 radical (unpaired) electrons. The second-order valence-corrected chi connectivity index (χ2v) is 4.01. The number of hydrogen-bond donors (Lipinski definition) is 2. The van der Waals surface area contributed by atoms with Gasteiger partial charge in [-0.25, -0.2) is 9.59 Å². The number of anilines is 1. The molecule has 0 bridgehead atoms. The first kappa shape index (κ1) is 14.8. The topological polar surface area (TPSA) is 67.4 Å². The highest BCUT2D eigenvalue weighted by Crippen LogP contribution is 2.10. The van der Waals surface area contributed by atoms with Crippen LogP contribution in [0.3, 0.4) is 0 Å². The number of allylic oxidation sites excluding steroid dienone is 1. The predicted octanol–water partition coefficient (Wildman–Crippen LogP) is 2.91. The first-order chi connectivity index (χ1) is 9.06. The quantitative estimate of drug-likeness (QED) is 0.820. The molecule has 2 amide bonds. The summed E-state index contributed by atoms with van der Waals surface area (Å²) in [4.78, 5) is 22.8. The lowest BCUT2D eigenvalue weighted by Gasteiger charge is -2.06. The molecule has 0 aliphatic rings. The predicted molar refractivity (Wildman–Crippen MR) is 74.0 cm³/mol. The number of rotatable bonds is 4. The summed E-state index contributed by atoms with van der Waals surface area (Å²) in [7, 11) is 1.32. The minimum Gasteiger partial charge on any atom is -0.465 e. The molecule has 2 N–H and O–H groups in total. The fourth-order valence-electron chi connectivity index (χ4n) is 1.27. The average molecular weight is 262 g/mol. The summed E-state index contributed by atoms with van der Waals surface area (Å²) >= 11 is 0. The maximum absolute atomic E-state index is 11.5. The summed E-state index contributed by atoms with van der Waals surface area (Å²) < 4.78 is 4.59. The van der Waals surface area contributed by atoms with E-state index in [1.807, 2.05) is 13.8 Å². The van der Waals surface area contributed by atoms with Gasteiger partial charge in [0.05, 0.1) is 12.7 Å². The van der Waals surface area contributed by atoms with Gasteiger partial charge in [-0.3, -0.25) is 0 Å². The minimum atomic E-state index is -0.405. The highest BCUT2D eigenvalue weighted by atomic mass is 16.5. The van der Waals surface area contributed by atoms with Crippen molar-refractivity contribution < 1.29 is 14.3 Å². The molecule has 5 heteroatoms. The molecule has 0 aliphatic carbocycles. The lowest BCUT2D eigenvalue weighted by atomic mass is 10.2. The van der Waals surface area contributed by atoms with Crippen molar-refractivity contribution in [2.45, 2.75) is 20.3 Å². The molecule has 1 aromatic rings. The number of esters is 1. The Morgan fingerprint density at radius 1 is 1.26 bits per heavy atom. The van der Waals surface area contributed by atoms with Gasteiger partial charge in [0.1, 0.15) is 0 Å². The standard InChI is InChI=1S/C14H18N2O3/c1-4-10(2)9-15-14(18)16-12-7-5-11(6-8-12)13(17)19-3/h5-9H,4H2,1-3H3,(H2,15,16,18)/b10-9+. The number of benzene rings is 1. The number of amides is 2. The third-order valence-electron chi connectivity index (χ3n) is 2.57. The van der Waals surface area contributed by atoms with E-state index >= 15 is 0 Å². The SMILES string of the molecule is CC/C(C)=C/NC(=O)Nc1ccc(C(=O)OC)cc1. The monoisotopic (exact) mass is 262 g/mol. The second kappa shape index (κ2) is 7.20. The molecule has 0 unspecified atom stereocenters. The molecule has 1 aromatic carbocycles. The Labute approximate surface area is 112 Å². The highest BCUT2D eigenvalue weighted by Gasteiger charge is 2.05. The number of carbonyl (C=O) groups excluding carboxylic acids is 2. The van der Waals surface area contributed by atoms with Gasteiger partial charge >= 0.3 is 12.0 Å². The van der Waals surface area contributed by atoms with Crippen LogP contribution in [0, 0.1) is 0 Å². The van der Waals surface area contributed by atoms with E-state index in [9.17, 15) is 9.59 Å². The molecule has 0 fully saturated rings. The van der Waals surface area contributed by atoms with Crippen molar-refractivity contribution in [3.05, 3.63) is 41.6 Å². The Kier molecular flexibility index (Phi) is 5.60. The molecule has 19 heavy (non-hydrogen) atoms. The molecule has 0 aromatic heterocycles. The number of nitrogens with one attached hydrogen (secondary N) is 2. The van der Waals surface area contributed by atoms with Crippen LogP contribution in [-0.2, 0) is 4.74 Å². The van der Waals surface area contributed by atoms with E-state index in [1.54, 1.807) is 30.5 Å². The zero-order valence-electron chi connectivity index (χ0n) is 11.3. The molecule has 1 rings (SSSR count). The van der Waals surface area contributed by atoms with Crippen molar-refractivity contribution in [1.29, 1.82) is 0 Å². The van der Waals surface area contributed by atoms with Gasteiger partial charge in [-0.2, -0.15) is 0 Å². The zero-order chi connectivity index (χ0) is 14.3. The smallest absolute Gasteiger partial charge is 0.337 e. The second-order valence-electron chi connectivity index (χ2n) is 4.01. The van der Waals surface area contributed by atoms with E-state index in [0.29, 0.717) is 11.3 Å². The Balaban J connectivity index is 2.58. The van der Waals surface area contributed by atoms with E-state index in [0.717, 1.165) is 12.0 Å². The number of methoxy groups -OCH3 is 1. The van der Waals surface area contributed by atoms with E-state index in [2.05, 4.69) is 15.4 Å². The van der Waals surface area contributed by atoms with Crippen molar-refractivity contribution in [2.75, 3.05) is 12.4 Å². The number of urea groups is 1. The van der Waals surface area contributed by atoms with Crippen molar-refractivity contribution in [3.8, 4) is 0 Å². The molecule has 0 saturated heterocycles. The number of carbonyl (C=O) groups is 2. The van der Waals surface area contributed by atoms with Gasteiger partial charge in [0.25, 0.3) is 0 Å². The minimum absolute atomic E-state index is 0.321. The van der Waals surface area contributed by atoms with Crippen LogP contribution in [0.15, 0.2) is 36.0 Å². The van der Waals surface area contributed by atoms with Crippen LogP contribution in [0.2, 0.25) is 0 Å². The van der Waals surface area contributed by atoms with Gasteiger partial charge in [0.2, 0.25) is 0 Å². The van der Waals surface area contributed by atoms with Crippen molar-refractivity contribution >= 4 is 17.7 Å². The lowest BCUT2D eigenvalue weighted by Crippen LogP contribution is -2.24. The molecule has 0 saturated carbocycles. The van der Waals surface area contributed by atoms with Crippen LogP contribution in [0.4, 0.5) is 10.5 Å². The molecule has 0 aliphatic heterocycles. The molecule has 0 spiro atoms. The Morgan fingerprint density at radius 2 is 1.89 bits per heavy atom. The van der Waals surface area contributed by atoms with Crippen LogP contribution >= 0.6 is 0 Å². The number of ether oxygens (including phenoxy) is 1. The van der Waals surface area contributed by atoms with Crippen molar-refractivity contribution in [2.24, 2.45) is 0 Å². The molecule has 5 nitrogen and oxygen atoms in total. The van der Waals surface area contributed by atoms with Gasteiger partial charge in [-0.1, -0.05) is 12.5 Å². The van der Waals surface area contributed by atoms with E-state index in [1.165, 1.54) is 7.11 Å². The van der Waals surface area contributed by atoms with Gasteiger partial charge in [-0.15, -0.1) is 0 Å². The highest BCUT2D eigenvalue weighted by molar-refractivity contribution is 5.92. The van der Waals surface area contributed by atoms with Crippen molar-refractivity contribution in [3.63, 3.8) is 0 Å². The van der Waals surface area contributed by atoms with Gasteiger partial charge in [0, 0.05) is 11.9 Å². The first-order valence-electron chi connectivity index (χ1n) is 5.98. The Morgan fingerprint density at radius 3 is 2.42 bits per heavy atom. The maximum atomic E-state index is 11.5. The van der Waals surface area contributed by atoms with E-state index in [-0.39, 0.29) is 6.03 Å². The van der Waals surface area contributed by atoms with E-state index < -0.39 is 5.97 Å². The fraction of sp³-hybridized carbons (Fsp3) is 0.286. The molecule has 0 atom stereocenters. The molecular formula is C14H18N2O3. The summed E-state index contributed by atoms with van der Waals surface area (Å²) in [5.74, 6) is -0.405. The number of hydrogen-bond acceptors (Lipinski definition) is 3. The first-order valence-corrected chi connectivity index (χ1v) is 5.98. The fourth-order valence-corrected chi connectivity index (χ4v) is 1.27. The lowest BCUT2D eigenvalue weighted by molar-refractivity contribution is 0.0601. The Bertz CT molecular complexity index is 478. The van der Waals surface area contributed by atoms with Crippen LogP contribution in [0.5, 0.6) is 0 Å². The molecular weight excluding hydrogens is 244 g/mol. The maximum Gasteiger partial charge on any atom is 0.337 e. The largest absolute Gasteiger partial charge is 0.465 e. The van der Waals surface area contributed by atoms with Gasteiger partial charge < -0.3 is 15.4 Å². The third kappa shape index (κ3) is 4.83. The molecule has 0 heterocycles. The Hall–Kier alpha value is -2.30. The van der Waals surface area contributed by atoms with Crippen LogP contribution in [0.1, 0.15) is 30.6 Å².